The number of sulfonamides is 1. The van der Waals surface area contributed by atoms with Crippen molar-refractivity contribution in [3.05, 3.63) is 70.1 Å². The highest BCUT2D eigenvalue weighted by atomic mass is 35.5. The predicted molar refractivity (Wildman–Crippen MR) is 97.2 cm³/mol. The zero-order valence-corrected chi connectivity index (χ0v) is 14.6. The van der Waals surface area contributed by atoms with Gasteiger partial charge in [0.2, 0.25) is 5.91 Å². The van der Waals surface area contributed by atoms with Crippen LogP contribution in [-0.2, 0) is 21.2 Å². The Morgan fingerprint density at radius 3 is 2.29 bits per heavy atom. The van der Waals surface area contributed by atoms with Crippen LogP contribution in [0.2, 0.25) is 5.02 Å². The molecule has 0 aliphatic heterocycles. The van der Waals surface area contributed by atoms with Crippen molar-refractivity contribution in [2.45, 2.75) is 6.42 Å². The molecule has 24 heavy (non-hydrogen) atoms. The first-order chi connectivity index (χ1) is 11.4. The van der Waals surface area contributed by atoms with Crippen LogP contribution in [-0.4, -0.2) is 21.4 Å². The lowest BCUT2D eigenvalue weighted by atomic mass is 10.1. The summed E-state index contributed by atoms with van der Waals surface area (Å²) in [7, 11) is -2.06. The Bertz CT molecular complexity index is 829. The highest BCUT2D eigenvalue weighted by Gasteiger charge is 2.06. The summed E-state index contributed by atoms with van der Waals surface area (Å²) in [4.78, 5) is 11.3. The van der Waals surface area contributed by atoms with Gasteiger partial charge in [-0.2, -0.15) is 0 Å². The number of hydrogen-bond donors (Lipinski definition) is 2. The number of benzene rings is 2. The van der Waals surface area contributed by atoms with Crippen LogP contribution in [0.4, 0.5) is 5.69 Å². The van der Waals surface area contributed by atoms with Crippen LogP contribution < -0.4 is 10.0 Å². The van der Waals surface area contributed by atoms with Crippen molar-refractivity contribution in [2.75, 3.05) is 11.8 Å². The Labute approximate surface area is 146 Å². The van der Waals surface area contributed by atoms with E-state index in [1.54, 1.807) is 55.6 Å². The molecular weight excluding hydrogens is 348 g/mol. The number of nitrogens with one attached hydrogen (secondary N) is 2. The minimum absolute atomic E-state index is 0.103. The summed E-state index contributed by atoms with van der Waals surface area (Å²) in [6, 6.07) is 13.5. The summed E-state index contributed by atoms with van der Waals surface area (Å²) < 4.78 is 26.6. The maximum absolute atomic E-state index is 12.1. The van der Waals surface area contributed by atoms with Gasteiger partial charge in [-0.25, -0.2) is 8.42 Å². The average molecular weight is 365 g/mol. The Balaban J connectivity index is 2.03. The molecule has 0 bridgehead atoms. The maximum atomic E-state index is 12.1. The number of anilines is 1. The normalized spacial score (nSPS) is 11.4. The molecular formula is C17H17ClN2O3S. The molecule has 0 heterocycles. The van der Waals surface area contributed by atoms with Crippen molar-refractivity contribution in [1.82, 2.24) is 5.32 Å². The van der Waals surface area contributed by atoms with E-state index in [1.807, 2.05) is 0 Å². The summed E-state index contributed by atoms with van der Waals surface area (Å²) in [5.41, 5.74) is 1.95. The van der Waals surface area contributed by atoms with Crippen molar-refractivity contribution >= 4 is 39.3 Å². The average Bonchev–Trinajstić information content (AvgIpc) is 2.56. The Morgan fingerprint density at radius 1 is 1.08 bits per heavy atom. The molecule has 0 aromatic heterocycles. The Morgan fingerprint density at radius 2 is 1.71 bits per heavy atom. The standard InChI is InChI=1S/C17H17ClN2O3S/c1-19-17(21)12-14-4-8-16(9-5-14)20-24(22,23)11-10-13-2-6-15(18)7-3-13/h2-11,20H,12H2,1H3,(H,19,21)/b11-10+. The maximum Gasteiger partial charge on any atom is 0.255 e. The summed E-state index contributed by atoms with van der Waals surface area (Å²) >= 11 is 5.78. The van der Waals surface area contributed by atoms with Gasteiger partial charge in [0.05, 0.1) is 11.8 Å². The quantitative estimate of drug-likeness (QED) is 0.827. The molecule has 2 aromatic carbocycles. The highest BCUT2D eigenvalue weighted by molar-refractivity contribution is 7.95. The third kappa shape index (κ3) is 5.72. The molecule has 0 radical (unpaired) electrons. The van der Waals surface area contributed by atoms with Gasteiger partial charge >= 0.3 is 0 Å². The van der Waals surface area contributed by atoms with Gasteiger partial charge in [0, 0.05) is 17.8 Å². The minimum Gasteiger partial charge on any atom is -0.359 e. The van der Waals surface area contributed by atoms with E-state index in [2.05, 4.69) is 10.0 Å². The van der Waals surface area contributed by atoms with Crippen LogP contribution in [0, 0.1) is 0 Å². The third-order valence-electron chi connectivity index (χ3n) is 3.17. The molecule has 126 valence electrons. The lowest BCUT2D eigenvalue weighted by molar-refractivity contribution is -0.119. The second-order valence-corrected chi connectivity index (χ2v) is 7.05. The monoisotopic (exact) mass is 364 g/mol. The molecule has 0 saturated carbocycles. The second kappa shape index (κ2) is 7.99. The van der Waals surface area contributed by atoms with Gasteiger partial charge in [0.15, 0.2) is 0 Å². The van der Waals surface area contributed by atoms with Crippen LogP contribution in [0.1, 0.15) is 11.1 Å². The van der Waals surface area contributed by atoms with Crippen molar-refractivity contribution in [3.63, 3.8) is 0 Å². The highest BCUT2D eigenvalue weighted by Crippen LogP contribution is 2.14. The van der Waals surface area contributed by atoms with E-state index in [9.17, 15) is 13.2 Å². The number of carbonyl (C=O) groups is 1. The summed E-state index contributed by atoms with van der Waals surface area (Å²) in [6.07, 6.45) is 1.73. The van der Waals surface area contributed by atoms with Crippen LogP contribution >= 0.6 is 11.6 Å². The second-order valence-electron chi connectivity index (χ2n) is 5.05. The third-order valence-corrected chi connectivity index (χ3v) is 4.43. The fourth-order valence-corrected chi connectivity index (χ4v) is 2.90. The first-order valence-electron chi connectivity index (χ1n) is 7.14. The predicted octanol–water partition coefficient (Wildman–Crippen LogP) is 3.04. The van der Waals surface area contributed by atoms with Crippen LogP contribution in [0.25, 0.3) is 6.08 Å². The van der Waals surface area contributed by atoms with Crippen LogP contribution in [0.15, 0.2) is 53.9 Å². The van der Waals surface area contributed by atoms with Gasteiger partial charge < -0.3 is 5.32 Å². The zero-order chi connectivity index (χ0) is 17.6. The molecule has 0 unspecified atom stereocenters. The molecule has 5 nitrogen and oxygen atoms in total. The van der Waals surface area contributed by atoms with Crippen molar-refractivity contribution in [1.29, 1.82) is 0 Å². The first kappa shape index (κ1) is 18.0. The van der Waals surface area contributed by atoms with E-state index in [0.29, 0.717) is 10.7 Å². The minimum atomic E-state index is -3.63. The summed E-state index contributed by atoms with van der Waals surface area (Å²) in [5.74, 6) is -0.103. The molecule has 0 spiro atoms. The van der Waals surface area contributed by atoms with Crippen LogP contribution in [0.3, 0.4) is 0 Å². The van der Waals surface area contributed by atoms with E-state index in [1.165, 1.54) is 6.08 Å². The summed E-state index contributed by atoms with van der Waals surface area (Å²) in [6.45, 7) is 0. The fourth-order valence-electron chi connectivity index (χ4n) is 1.90. The SMILES string of the molecule is CNC(=O)Cc1ccc(NS(=O)(=O)/C=C/c2ccc(Cl)cc2)cc1. The zero-order valence-electron chi connectivity index (χ0n) is 13.0. The van der Waals surface area contributed by atoms with E-state index in [0.717, 1.165) is 16.5 Å². The molecule has 2 N–H and O–H groups in total. The number of halogens is 1. The van der Waals surface area contributed by atoms with E-state index >= 15 is 0 Å². The van der Waals surface area contributed by atoms with Crippen molar-refractivity contribution in [2.24, 2.45) is 0 Å². The van der Waals surface area contributed by atoms with Gasteiger partial charge in [-0.1, -0.05) is 35.9 Å². The smallest absolute Gasteiger partial charge is 0.255 e. The Kier molecular flexibility index (Phi) is 6.00. The lowest BCUT2D eigenvalue weighted by Gasteiger charge is -2.06. The molecule has 7 heteroatoms. The number of likely N-dealkylation sites (N-methyl/N-ethyl adjacent to an activating group) is 1. The lowest BCUT2D eigenvalue weighted by Crippen LogP contribution is -2.19. The number of carbonyl (C=O) groups excluding carboxylic acids is 1. The molecule has 0 atom stereocenters. The van der Waals surface area contributed by atoms with Crippen molar-refractivity contribution < 1.29 is 13.2 Å². The Hall–Kier alpha value is -2.31. The fraction of sp³-hybridized carbons (Fsp3) is 0.118. The first-order valence-corrected chi connectivity index (χ1v) is 9.06. The molecule has 0 saturated heterocycles. The molecule has 2 aromatic rings. The molecule has 2 rings (SSSR count). The molecule has 0 aliphatic rings. The van der Waals surface area contributed by atoms with Gasteiger partial charge in [0.25, 0.3) is 10.0 Å². The molecule has 0 fully saturated rings. The summed E-state index contributed by atoms with van der Waals surface area (Å²) in [5, 5.41) is 4.21. The van der Waals surface area contributed by atoms with Gasteiger partial charge in [0.1, 0.15) is 0 Å². The van der Waals surface area contributed by atoms with Gasteiger partial charge in [-0.05, 0) is 41.5 Å². The molecule has 1 amide bonds. The van der Waals surface area contributed by atoms with E-state index < -0.39 is 10.0 Å². The van der Waals surface area contributed by atoms with E-state index in [-0.39, 0.29) is 12.3 Å². The number of hydrogen-bond acceptors (Lipinski definition) is 3. The van der Waals surface area contributed by atoms with Gasteiger partial charge in [-0.15, -0.1) is 0 Å². The molecule has 0 aliphatic carbocycles. The van der Waals surface area contributed by atoms with E-state index in [4.69, 9.17) is 11.6 Å². The number of rotatable bonds is 6. The number of amides is 1. The van der Waals surface area contributed by atoms with Crippen LogP contribution in [0.5, 0.6) is 0 Å². The largest absolute Gasteiger partial charge is 0.359 e. The van der Waals surface area contributed by atoms with Crippen molar-refractivity contribution in [3.8, 4) is 0 Å². The van der Waals surface area contributed by atoms with Gasteiger partial charge in [-0.3, -0.25) is 9.52 Å². The topological polar surface area (TPSA) is 75.3 Å².